The van der Waals surface area contributed by atoms with Gasteiger partial charge in [0.05, 0.1) is 18.7 Å². The molecule has 1 aliphatic heterocycles. The van der Waals surface area contributed by atoms with E-state index in [1.165, 1.54) is 19.6 Å². The van der Waals surface area contributed by atoms with Crippen LogP contribution in [0.4, 0.5) is 29.1 Å². The topological polar surface area (TPSA) is 103 Å². The number of piperazine rings is 1. The predicted octanol–water partition coefficient (Wildman–Crippen LogP) is 3.93. The Morgan fingerprint density at radius 3 is 2.45 bits per heavy atom. The number of hydrogen-bond acceptors (Lipinski definition) is 7. The third-order valence-electron chi connectivity index (χ3n) is 7.66. The molecule has 2 aromatic carbocycles. The number of nitrogens with two attached hydrogens (primary N) is 1. The molecule has 0 bridgehead atoms. The lowest BCUT2D eigenvalue weighted by Crippen LogP contribution is -2.56. The van der Waals surface area contributed by atoms with E-state index in [1.54, 1.807) is 30.3 Å². The van der Waals surface area contributed by atoms with E-state index in [0.717, 1.165) is 27.3 Å². The summed E-state index contributed by atoms with van der Waals surface area (Å²) in [7, 11) is 0. The fraction of sp³-hybridized carbons (Fsp3) is 0.345. The molecular weight excluding hydrogens is 556 g/mol. The fourth-order valence-corrected chi connectivity index (χ4v) is 5.47. The largest absolute Gasteiger partial charge is 0.449 e. The second-order valence-electron chi connectivity index (χ2n) is 10.3. The van der Waals surface area contributed by atoms with E-state index >= 15 is 0 Å². The van der Waals surface area contributed by atoms with Gasteiger partial charge >= 0.3 is 11.9 Å². The van der Waals surface area contributed by atoms with Gasteiger partial charge in [-0.3, -0.25) is 13.9 Å². The van der Waals surface area contributed by atoms with Crippen LogP contribution >= 0.6 is 0 Å². The molecule has 222 valence electrons. The zero-order chi connectivity index (χ0) is 30.2. The van der Waals surface area contributed by atoms with Crippen molar-refractivity contribution in [2.24, 2.45) is 5.73 Å². The predicted molar refractivity (Wildman–Crippen MR) is 149 cm³/mol. The van der Waals surface area contributed by atoms with Crippen molar-refractivity contribution in [2.75, 3.05) is 29.4 Å². The molecule has 0 amide bonds. The Hall–Kier alpha value is -4.39. The molecule has 2 aromatic heterocycles. The third-order valence-corrected chi connectivity index (χ3v) is 7.66. The zero-order valence-corrected chi connectivity index (χ0v) is 23.0. The molecule has 4 aromatic rings. The number of aromatic nitrogens is 3. The van der Waals surface area contributed by atoms with Gasteiger partial charge in [-0.15, -0.1) is 0 Å². The van der Waals surface area contributed by atoms with E-state index in [9.17, 15) is 27.2 Å². The van der Waals surface area contributed by atoms with Crippen LogP contribution in [0, 0.1) is 12.7 Å². The minimum absolute atomic E-state index is 0.132. The molecule has 2 N–H and O–H groups in total. The number of oxazole rings is 1. The van der Waals surface area contributed by atoms with Gasteiger partial charge < -0.3 is 20.0 Å². The highest BCUT2D eigenvalue weighted by Crippen LogP contribution is 2.34. The summed E-state index contributed by atoms with van der Waals surface area (Å²) in [5.74, 6) is -0.473. The van der Waals surface area contributed by atoms with Crippen molar-refractivity contribution < 1.29 is 22.0 Å². The molecule has 0 aliphatic carbocycles. The van der Waals surface area contributed by atoms with Gasteiger partial charge in [0.15, 0.2) is 12.2 Å². The summed E-state index contributed by atoms with van der Waals surface area (Å²) in [6.45, 7) is 3.69. The first-order valence-corrected chi connectivity index (χ1v) is 13.4. The Morgan fingerprint density at radius 1 is 1.07 bits per heavy atom. The van der Waals surface area contributed by atoms with Crippen molar-refractivity contribution in [3.8, 4) is 0 Å². The van der Waals surface area contributed by atoms with Crippen molar-refractivity contribution in [1.82, 2.24) is 14.1 Å². The van der Waals surface area contributed by atoms with Gasteiger partial charge in [0.2, 0.25) is 0 Å². The van der Waals surface area contributed by atoms with Crippen molar-refractivity contribution in [2.45, 2.75) is 45.2 Å². The minimum atomic E-state index is -4.85. The SMILES string of the molecule is Cc1c(N2CCN(c3cocn3)CC2C)c(=O)n(CC(N)c2ccccc2)c(=O)n1Cc1c(F)cccc1C(F)(F)F. The first kappa shape index (κ1) is 29.1. The van der Waals surface area contributed by atoms with Gasteiger partial charge in [-0.1, -0.05) is 36.4 Å². The summed E-state index contributed by atoms with van der Waals surface area (Å²) < 4.78 is 63.5. The lowest BCUT2D eigenvalue weighted by atomic mass is 10.1. The number of hydrogen-bond donors (Lipinski definition) is 1. The summed E-state index contributed by atoms with van der Waals surface area (Å²) in [5.41, 5.74) is 3.95. The second-order valence-corrected chi connectivity index (χ2v) is 10.3. The van der Waals surface area contributed by atoms with Crippen LogP contribution < -0.4 is 26.8 Å². The van der Waals surface area contributed by atoms with E-state index in [2.05, 4.69) is 4.98 Å². The summed E-state index contributed by atoms with van der Waals surface area (Å²) in [5, 5.41) is 0. The molecule has 1 saturated heterocycles. The molecule has 0 saturated carbocycles. The molecule has 5 rings (SSSR count). The quantitative estimate of drug-likeness (QED) is 0.328. The van der Waals surface area contributed by atoms with E-state index < -0.39 is 47.0 Å². The highest BCUT2D eigenvalue weighted by atomic mass is 19.4. The van der Waals surface area contributed by atoms with E-state index in [-0.39, 0.29) is 24.0 Å². The van der Waals surface area contributed by atoms with Crippen LogP contribution in [0.25, 0.3) is 0 Å². The van der Waals surface area contributed by atoms with Gasteiger partial charge in [-0.25, -0.2) is 9.18 Å². The zero-order valence-electron chi connectivity index (χ0n) is 23.0. The number of rotatable bonds is 7. The summed E-state index contributed by atoms with van der Waals surface area (Å²) >= 11 is 0. The van der Waals surface area contributed by atoms with Crippen molar-refractivity contribution in [3.05, 3.63) is 110 Å². The van der Waals surface area contributed by atoms with Gasteiger partial charge in [0, 0.05) is 43.0 Å². The summed E-state index contributed by atoms with van der Waals surface area (Å²) in [6, 6.07) is 10.5. The van der Waals surface area contributed by atoms with Crippen LogP contribution in [-0.2, 0) is 19.3 Å². The number of halogens is 4. The Bertz CT molecular complexity index is 1670. The van der Waals surface area contributed by atoms with Gasteiger partial charge in [-0.05, 0) is 31.5 Å². The highest BCUT2D eigenvalue weighted by molar-refractivity contribution is 5.53. The van der Waals surface area contributed by atoms with Crippen LogP contribution in [0.15, 0.2) is 75.2 Å². The van der Waals surface area contributed by atoms with Gasteiger partial charge in [0.1, 0.15) is 17.8 Å². The average Bonchev–Trinajstić information content (AvgIpc) is 3.50. The Balaban J connectivity index is 1.63. The van der Waals surface area contributed by atoms with Crippen molar-refractivity contribution in [1.29, 1.82) is 0 Å². The summed E-state index contributed by atoms with van der Waals surface area (Å²) in [6.07, 6.45) is -2.02. The van der Waals surface area contributed by atoms with Crippen LogP contribution in [0.2, 0.25) is 0 Å². The van der Waals surface area contributed by atoms with Gasteiger partial charge in [-0.2, -0.15) is 18.2 Å². The standard InChI is InChI=1S/C29H30F4N6O3/c1-18-13-36(25-16-42-17-35-25)11-12-37(18)26-19(2)38(14-21-22(29(31,32)33)9-6-10-23(21)30)28(41)39(27(26)40)15-24(34)20-7-4-3-5-8-20/h3-10,16-18,24H,11-15,34H2,1-2H3. The Morgan fingerprint density at radius 2 is 1.81 bits per heavy atom. The maximum absolute atomic E-state index is 14.9. The van der Waals surface area contributed by atoms with Crippen LogP contribution in [0.5, 0.6) is 0 Å². The van der Waals surface area contributed by atoms with E-state index in [4.69, 9.17) is 10.2 Å². The molecule has 0 spiro atoms. The minimum Gasteiger partial charge on any atom is -0.449 e. The molecule has 3 heterocycles. The number of benzene rings is 2. The molecule has 42 heavy (non-hydrogen) atoms. The number of anilines is 2. The number of nitrogens with zero attached hydrogens (tertiary/aromatic N) is 5. The maximum Gasteiger partial charge on any atom is 0.416 e. The Labute approximate surface area is 238 Å². The highest BCUT2D eigenvalue weighted by Gasteiger charge is 2.36. The van der Waals surface area contributed by atoms with Crippen LogP contribution in [-0.4, -0.2) is 39.8 Å². The Kier molecular flexibility index (Phi) is 7.95. The van der Waals surface area contributed by atoms with Crippen LogP contribution in [0.3, 0.4) is 0 Å². The van der Waals surface area contributed by atoms with Crippen molar-refractivity contribution >= 4 is 11.5 Å². The molecule has 1 fully saturated rings. The lowest BCUT2D eigenvalue weighted by Gasteiger charge is -2.41. The molecular formula is C29H30F4N6O3. The first-order chi connectivity index (χ1) is 20.0. The lowest BCUT2D eigenvalue weighted by molar-refractivity contribution is -0.138. The monoisotopic (exact) mass is 586 g/mol. The third kappa shape index (κ3) is 5.56. The second kappa shape index (κ2) is 11.5. The van der Waals surface area contributed by atoms with Crippen molar-refractivity contribution in [3.63, 3.8) is 0 Å². The molecule has 2 unspecified atom stereocenters. The average molecular weight is 587 g/mol. The van der Waals surface area contributed by atoms with E-state index in [1.807, 2.05) is 16.7 Å². The van der Waals surface area contributed by atoms with Crippen LogP contribution in [0.1, 0.15) is 35.3 Å². The molecule has 13 heteroatoms. The molecule has 2 atom stereocenters. The molecule has 0 radical (unpaired) electrons. The molecule has 1 aliphatic rings. The maximum atomic E-state index is 14.9. The number of alkyl halides is 3. The fourth-order valence-electron chi connectivity index (χ4n) is 5.47. The first-order valence-electron chi connectivity index (χ1n) is 13.4. The smallest absolute Gasteiger partial charge is 0.416 e. The van der Waals surface area contributed by atoms with Gasteiger partial charge in [0.25, 0.3) is 5.56 Å². The normalized spacial score (nSPS) is 16.6. The van der Waals surface area contributed by atoms with E-state index in [0.29, 0.717) is 31.0 Å². The summed E-state index contributed by atoms with van der Waals surface area (Å²) in [4.78, 5) is 35.8. The molecule has 9 nitrogen and oxygen atoms in total.